The molecule has 1 aliphatic heterocycles. The van der Waals surface area contributed by atoms with Crippen LogP contribution in [0, 0.1) is 5.82 Å². The molecule has 0 spiro atoms. The highest BCUT2D eigenvalue weighted by atomic mass is 19.1. The van der Waals surface area contributed by atoms with Crippen LogP contribution in [0.5, 0.6) is 0 Å². The maximum Gasteiger partial charge on any atom is 0.396 e. The molecule has 0 saturated heterocycles. The number of carbonyl (C=O) groups is 2. The van der Waals surface area contributed by atoms with Crippen LogP contribution in [0.2, 0.25) is 0 Å². The van der Waals surface area contributed by atoms with Crippen molar-refractivity contribution in [2.45, 2.75) is 12.5 Å². The lowest BCUT2D eigenvalue weighted by molar-refractivity contribution is -0.159. The molecular weight excluding hydrogens is 297 g/mol. The van der Waals surface area contributed by atoms with Gasteiger partial charge in [-0.1, -0.05) is 42.5 Å². The van der Waals surface area contributed by atoms with E-state index < -0.39 is 23.7 Å². The molecule has 1 heterocycles. The van der Waals surface area contributed by atoms with Crippen LogP contribution in [0.3, 0.4) is 0 Å². The summed E-state index contributed by atoms with van der Waals surface area (Å²) in [6.07, 6.45) is 0.615. The van der Waals surface area contributed by atoms with E-state index in [9.17, 15) is 14.0 Å². The second kappa shape index (κ2) is 6.20. The van der Waals surface area contributed by atoms with Gasteiger partial charge in [-0.15, -0.1) is 0 Å². The zero-order valence-corrected chi connectivity index (χ0v) is 12.7. The van der Waals surface area contributed by atoms with Crippen LogP contribution >= 0.6 is 0 Å². The first-order valence-corrected chi connectivity index (χ1v) is 7.34. The minimum atomic E-state index is -0.939. The van der Waals surface area contributed by atoms with E-state index in [0.717, 1.165) is 18.2 Å². The second-order valence-electron chi connectivity index (χ2n) is 5.36. The quantitative estimate of drug-likeness (QED) is 0.600. The molecular formula is C18H16FNO3. The topological polar surface area (TPSA) is 46.6 Å². The number of carbonyl (C=O) groups excluding carboxylic acids is 2. The molecule has 5 heteroatoms. The third-order valence-electron chi connectivity index (χ3n) is 4.10. The fraction of sp³-hybridized carbons (Fsp3) is 0.222. The molecule has 1 unspecified atom stereocenters. The Hall–Kier alpha value is -2.69. The lowest BCUT2D eigenvalue weighted by atomic mass is 9.88. The van der Waals surface area contributed by atoms with Crippen molar-refractivity contribution in [2.24, 2.45) is 0 Å². The molecule has 118 valence electrons. The Morgan fingerprint density at radius 1 is 1.09 bits per heavy atom. The first kappa shape index (κ1) is 15.2. The number of benzene rings is 2. The van der Waals surface area contributed by atoms with Crippen molar-refractivity contribution in [3.63, 3.8) is 0 Å². The van der Waals surface area contributed by atoms with Gasteiger partial charge in [-0.05, 0) is 23.6 Å². The summed E-state index contributed by atoms with van der Waals surface area (Å²) < 4.78 is 18.9. The van der Waals surface area contributed by atoms with Crippen molar-refractivity contribution in [2.75, 3.05) is 13.7 Å². The Bertz CT molecular complexity index is 759. The molecule has 23 heavy (non-hydrogen) atoms. The van der Waals surface area contributed by atoms with Crippen molar-refractivity contribution in [3.05, 3.63) is 71.0 Å². The number of ether oxygens (including phenoxy) is 1. The third kappa shape index (κ3) is 2.70. The normalized spacial score (nSPS) is 16.6. The number of methoxy groups -OCH3 is 1. The van der Waals surface area contributed by atoms with Gasteiger partial charge in [0, 0.05) is 12.1 Å². The predicted octanol–water partition coefficient (Wildman–Crippen LogP) is 2.47. The van der Waals surface area contributed by atoms with Gasteiger partial charge >= 0.3 is 11.9 Å². The van der Waals surface area contributed by atoms with Gasteiger partial charge < -0.3 is 9.64 Å². The van der Waals surface area contributed by atoms with Gasteiger partial charge in [0.1, 0.15) is 5.82 Å². The van der Waals surface area contributed by atoms with Gasteiger partial charge in [0.15, 0.2) is 0 Å². The van der Waals surface area contributed by atoms with Crippen LogP contribution in [-0.4, -0.2) is 30.4 Å². The van der Waals surface area contributed by atoms with Crippen molar-refractivity contribution >= 4 is 11.9 Å². The molecule has 2 aromatic rings. The van der Waals surface area contributed by atoms with Gasteiger partial charge in [0.2, 0.25) is 0 Å². The third-order valence-corrected chi connectivity index (χ3v) is 4.10. The van der Waals surface area contributed by atoms with Crippen LogP contribution in [-0.2, 0) is 20.7 Å². The van der Waals surface area contributed by atoms with E-state index in [1.165, 1.54) is 11.0 Å². The number of halogens is 1. The molecule has 0 saturated carbocycles. The highest BCUT2D eigenvalue weighted by Crippen LogP contribution is 2.36. The number of amides is 1. The zero-order valence-electron chi connectivity index (χ0n) is 12.7. The molecule has 3 rings (SSSR count). The Morgan fingerprint density at radius 2 is 1.74 bits per heavy atom. The summed E-state index contributed by atoms with van der Waals surface area (Å²) in [5.74, 6) is -2.10. The van der Waals surface area contributed by atoms with Crippen LogP contribution in [0.25, 0.3) is 0 Å². The summed E-state index contributed by atoms with van der Waals surface area (Å²) in [6, 6.07) is 13.3. The maximum absolute atomic E-state index is 14.3. The molecule has 0 fully saturated rings. The number of fused-ring (bicyclic) bond motifs is 1. The molecule has 4 nitrogen and oxygen atoms in total. The Balaban J connectivity index is 2.13. The van der Waals surface area contributed by atoms with Crippen LogP contribution in [0.1, 0.15) is 22.7 Å². The van der Waals surface area contributed by atoms with Gasteiger partial charge in [0.05, 0.1) is 13.2 Å². The van der Waals surface area contributed by atoms with Crippen molar-refractivity contribution in [1.82, 2.24) is 4.90 Å². The van der Waals surface area contributed by atoms with Gasteiger partial charge in [-0.3, -0.25) is 4.79 Å². The highest BCUT2D eigenvalue weighted by molar-refractivity contribution is 6.32. The monoisotopic (exact) mass is 313 g/mol. The summed E-state index contributed by atoms with van der Waals surface area (Å²) in [4.78, 5) is 25.4. The van der Waals surface area contributed by atoms with E-state index in [4.69, 9.17) is 0 Å². The number of rotatable bonds is 1. The molecule has 1 atom stereocenters. The SMILES string of the molecule is COC(=O)C(=O)N1CCc2ccccc2C1c1ccccc1F. The van der Waals surface area contributed by atoms with Crippen LogP contribution < -0.4 is 0 Å². The Labute approximate surface area is 133 Å². The van der Waals surface area contributed by atoms with E-state index in [-0.39, 0.29) is 0 Å². The average Bonchev–Trinajstić information content (AvgIpc) is 2.60. The largest absolute Gasteiger partial charge is 0.462 e. The molecule has 0 bridgehead atoms. The molecule has 0 radical (unpaired) electrons. The zero-order chi connectivity index (χ0) is 16.4. The van der Waals surface area contributed by atoms with Crippen LogP contribution in [0.15, 0.2) is 48.5 Å². The molecule has 2 aromatic carbocycles. The molecule has 0 aromatic heterocycles. The summed E-state index contributed by atoms with van der Waals surface area (Å²) in [7, 11) is 1.16. The van der Waals surface area contributed by atoms with E-state index in [2.05, 4.69) is 4.74 Å². The lowest BCUT2D eigenvalue weighted by Crippen LogP contribution is -2.44. The molecule has 1 aliphatic rings. The number of hydrogen-bond acceptors (Lipinski definition) is 3. The van der Waals surface area contributed by atoms with Crippen molar-refractivity contribution < 1.29 is 18.7 Å². The van der Waals surface area contributed by atoms with Gasteiger partial charge in [-0.25, -0.2) is 9.18 Å². The van der Waals surface area contributed by atoms with Crippen LogP contribution in [0.4, 0.5) is 4.39 Å². The predicted molar refractivity (Wildman–Crippen MR) is 82.1 cm³/mol. The van der Waals surface area contributed by atoms with E-state index >= 15 is 0 Å². The summed E-state index contributed by atoms with van der Waals surface area (Å²) in [5.41, 5.74) is 2.26. The fourth-order valence-corrected chi connectivity index (χ4v) is 3.02. The average molecular weight is 313 g/mol. The Kier molecular flexibility index (Phi) is 4.10. The van der Waals surface area contributed by atoms with Gasteiger partial charge in [0.25, 0.3) is 0 Å². The molecule has 0 aliphatic carbocycles. The van der Waals surface area contributed by atoms with Crippen molar-refractivity contribution in [3.8, 4) is 0 Å². The van der Waals surface area contributed by atoms with E-state index in [0.29, 0.717) is 18.5 Å². The maximum atomic E-state index is 14.3. The fourth-order valence-electron chi connectivity index (χ4n) is 3.02. The summed E-state index contributed by atoms with van der Waals surface area (Å²) in [5, 5.41) is 0. The number of nitrogens with zero attached hydrogens (tertiary/aromatic N) is 1. The molecule has 1 amide bonds. The number of hydrogen-bond donors (Lipinski definition) is 0. The lowest BCUT2D eigenvalue weighted by Gasteiger charge is -2.37. The van der Waals surface area contributed by atoms with E-state index in [1.807, 2.05) is 24.3 Å². The Morgan fingerprint density at radius 3 is 2.43 bits per heavy atom. The minimum absolute atomic E-state index is 0.337. The first-order chi connectivity index (χ1) is 11.1. The molecule has 0 N–H and O–H groups in total. The van der Waals surface area contributed by atoms with E-state index in [1.54, 1.807) is 18.2 Å². The van der Waals surface area contributed by atoms with Gasteiger partial charge in [-0.2, -0.15) is 0 Å². The standard InChI is InChI=1S/C18H16FNO3/c1-23-18(22)17(21)20-11-10-12-6-2-3-7-13(12)16(20)14-8-4-5-9-15(14)19/h2-9,16H,10-11H2,1H3. The van der Waals surface area contributed by atoms with Crippen molar-refractivity contribution in [1.29, 1.82) is 0 Å². The summed E-state index contributed by atoms with van der Waals surface area (Å²) in [6.45, 7) is 0.337. The smallest absolute Gasteiger partial charge is 0.396 e. The first-order valence-electron chi connectivity index (χ1n) is 7.34. The second-order valence-corrected chi connectivity index (χ2v) is 5.36. The number of esters is 1. The minimum Gasteiger partial charge on any atom is -0.462 e. The summed E-state index contributed by atoms with van der Waals surface area (Å²) >= 11 is 0. The highest BCUT2D eigenvalue weighted by Gasteiger charge is 2.36.